The van der Waals surface area contributed by atoms with Crippen molar-refractivity contribution in [2.75, 3.05) is 0 Å². The summed E-state index contributed by atoms with van der Waals surface area (Å²) < 4.78 is 0. The molecule has 0 bridgehead atoms. The zero-order valence-corrected chi connectivity index (χ0v) is 22.8. The second kappa shape index (κ2) is 25.0. The quantitative estimate of drug-likeness (QED) is 0.114. The van der Waals surface area contributed by atoms with Gasteiger partial charge in [-0.15, -0.1) is 0 Å². The van der Waals surface area contributed by atoms with Crippen LogP contribution in [0.2, 0.25) is 0 Å². The summed E-state index contributed by atoms with van der Waals surface area (Å²) in [5, 5.41) is 19.3. The normalized spacial score (nSPS) is 13.1. The molecule has 0 rings (SSSR count). The van der Waals surface area contributed by atoms with Crippen LogP contribution in [-0.2, 0) is 9.59 Å². The summed E-state index contributed by atoms with van der Waals surface area (Å²) in [6.45, 7) is 4.48. The Bertz CT molecular complexity index is 463. The van der Waals surface area contributed by atoms with Gasteiger partial charge in [0.2, 0.25) is 0 Å². The first-order valence-corrected chi connectivity index (χ1v) is 15.0. The van der Waals surface area contributed by atoms with Gasteiger partial charge in [-0.05, 0) is 12.8 Å². The summed E-state index contributed by atoms with van der Waals surface area (Å²) in [6, 6.07) is 0. The number of carboxylic acid groups (broad SMARTS) is 2. The van der Waals surface area contributed by atoms with Gasteiger partial charge in [-0.2, -0.15) is 0 Å². The third-order valence-electron chi connectivity index (χ3n) is 7.36. The second-order valence-electron chi connectivity index (χ2n) is 10.5. The molecule has 0 saturated heterocycles. The third kappa shape index (κ3) is 20.3. The van der Waals surface area contributed by atoms with E-state index < -0.39 is 23.8 Å². The fraction of sp³-hybridized carbons (Fsp3) is 0.933. The summed E-state index contributed by atoms with van der Waals surface area (Å²) in [5.74, 6) is -3.33. The van der Waals surface area contributed by atoms with Crippen molar-refractivity contribution in [1.29, 1.82) is 0 Å². The summed E-state index contributed by atoms with van der Waals surface area (Å²) in [7, 11) is 0. The fourth-order valence-corrected chi connectivity index (χ4v) is 5.05. The Hall–Kier alpha value is -1.06. The van der Waals surface area contributed by atoms with Crippen molar-refractivity contribution in [2.45, 2.75) is 168 Å². The number of carbonyl (C=O) groups is 2. The highest BCUT2D eigenvalue weighted by molar-refractivity contribution is 5.79. The van der Waals surface area contributed by atoms with E-state index in [0.717, 1.165) is 38.5 Å². The molecule has 0 aromatic heterocycles. The maximum absolute atomic E-state index is 11.8. The molecule has 0 aliphatic rings. The number of unbranched alkanes of at least 4 members (excludes halogenated alkanes) is 20. The van der Waals surface area contributed by atoms with Crippen LogP contribution in [0.3, 0.4) is 0 Å². The number of hydrogen-bond donors (Lipinski definition) is 2. The molecule has 2 unspecified atom stereocenters. The molecule has 0 spiro atoms. The molecule has 0 radical (unpaired) electrons. The van der Waals surface area contributed by atoms with Crippen LogP contribution >= 0.6 is 0 Å². The van der Waals surface area contributed by atoms with E-state index >= 15 is 0 Å². The zero-order chi connectivity index (χ0) is 25.3. The lowest BCUT2D eigenvalue weighted by molar-refractivity contribution is -0.154. The molecule has 2 atom stereocenters. The van der Waals surface area contributed by atoms with Gasteiger partial charge >= 0.3 is 11.9 Å². The van der Waals surface area contributed by atoms with Gasteiger partial charge in [-0.25, -0.2) is 0 Å². The smallest absolute Gasteiger partial charge is 0.307 e. The second-order valence-corrected chi connectivity index (χ2v) is 10.5. The van der Waals surface area contributed by atoms with Crippen LogP contribution in [-0.4, -0.2) is 22.2 Å². The molecule has 0 aliphatic heterocycles. The average molecular weight is 483 g/mol. The highest BCUT2D eigenvalue weighted by Crippen LogP contribution is 2.26. The van der Waals surface area contributed by atoms with Gasteiger partial charge < -0.3 is 10.2 Å². The molecule has 0 saturated carbocycles. The van der Waals surface area contributed by atoms with Crippen molar-refractivity contribution in [3.63, 3.8) is 0 Å². The van der Waals surface area contributed by atoms with Crippen LogP contribution in [0.5, 0.6) is 0 Å². The highest BCUT2D eigenvalue weighted by atomic mass is 16.4. The SMILES string of the molecule is CCCCCCCCCCCCCCC(C(=O)O)C(CCCCCCCCCCCC)C(=O)O. The minimum absolute atomic E-state index is 0.501. The predicted molar refractivity (Wildman–Crippen MR) is 144 cm³/mol. The van der Waals surface area contributed by atoms with Gasteiger partial charge in [-0.3, -0.25) is 9.59 Å². The minimum Gasteiger partial charge on any atom is -0.481 e. The molecule has 0 amide bonds. The molecule has 0 fully saturated rings. The molecule has 4 heteroatoms. The topological polar surface area (TPSA) is 74.6 Å². The first-order chi connectivity index (χ1) is 16.5. The lowest BCUT2D eigenvalue weighted by Crippen LogP contribution is -2.30. The van der Waals surface area contributed by atoms with Gasteiger partial charge in [-0.1, -0.05) is 155 Å². The first kappa shape index (κ1) is 32.9. The lowest BCUT2D eigenvalue weighted by atomic mass is 9.84. The van der Waals surface area contributed by atoms with E-state index in [1.54, 1.807) is 0 Å². The Morgan fingerprint density at radius 1 is 0.412 bits per heavy atom. The van der Waals surface area contributed by atoms with Crippen molar-refractivity contribution >= 4 is 11.9 Å². The molecule has 34 heavy (non-hydrogen) atoms. The molecular weight excluding hydrogens is 424 g/mol. The third-order valence-corrected chi connectivity index (χ3v) is 7.36. The minimum atomic E-state index is -0.928. The Morgan fingerprint density at radius 2 is 0.618 bits per heavy atom. The Labute approximate surface area is 211 Å². The summed E-state index contributed by atoms with van der Waals surface area (Å²) in [6.07, 6.45) is 27.9. The molecule has 0 aromatic rings. The zero-order valence-electron chi connectivity index (χ0n) is 22.8. The molecule has 0 aromatic carbocycles. The maximum atomic E-state index is 11.8. The van der Waals surface area contributed by atoms with Crippen molar-refractivity contribution in [3.8, 4) is 0 Å². The number of rotatable bonds is 27. The highest BCUT2D eigenvalue weighted by Gasteiger charge is 2.32. The van der Waals surface area contributed by atoms with Gasteiger partial charge in [0.15, 0.2) is 0 Å². The van der Waals surface area contributed by atoms with E-state index in [1.807, 2.05) is 0 Å². The largest absolute Gasteiger partial charge is 0.481 e. The van der Waals surface area contributed by atoms with Crippen LogP contribution in [0.1, 0.15) is 168 Å². The monoisotopic (exact) mass is 482 g/mol. The number of hydrogen-bond acceptors (Lipinski definition) is 2. The molecule has 4 nitrogen and oxygen atoms in total. The molecular formula is C30H58O4. The van der Waals surface area contributed by atoms with Crippen molar-refractivity contribution in [3.05, 3.63) is 0 Å². The average Bonchev–Trinajstić information content (AvgIpc) is 2.81. The van der Waals surface area contributed by atoms with Crippen LogP contribution in [0.4, 0.5) is 0 Å². The molecule has 0 heterocycles. The van der Waals surface area contributed by atoms with E-state index in [0.29, 0.717) is 12.8 Å². The van der Waals surface area contributed by atoms with Gasteiger partial charge in [0.25, 0.3) is 0 Å². The fourth-order valence-electron chi connectivity index (χ4n) is 5.05. The van der Waals surface area contributed by atoms with E-state index in [4.69, 9.17) is 0 Å². The van der Waals surface area contributed by atoms with E-state index in [9.17, 15) is 19.8 Å². The molecule has 202 valence electrons. The van der Waals surface area contributed by atoms with Crippen LogP contribution in [0, 0.1) is 11.8 Å². The number of aliphatic carboxylic acids is 2. The summed E-state index contributed by atoms with van der Waals surface area (Å²) in [4.78, 5) is 23.6. The Kier molecular flexibility index (Phi) is 24.3. The molecule has 0 aliphatic carbocycles. The van der Waals surface area contributed by atoms with Crippen LogP contribution < -0.4 is 0 Å². The number of carboxylic acids is 2. The predicted octanol–water partition coefficient (Wildman–Crippen LogP) is 9.79. The van der Waals surface area contributed by atoms with Crippen molar-refractivity contribution in [1.82, 2.24) is 0 Å². The van der Waals surface area contributed by atoms with Gasteiger partial charge in [0, 0.05) is 0 Å². The van der Waals surface area contributed by atoms with Crippen LogP contribution in [0.25, 0.3) is 0 Å². The van der Waals surface area contributed by atoms with E-state index in [2.05, 4.69) is 13.8 Å². The van der Waals surface area contributed by atoms with Crippen molar-refractivity contribution in [2.24, 2.45) is 11.8 Å². The van der Waals surface area contributed by atoms with Gasteiger partial charge in [0.05, 0.1) is 11.8 Å². The maximum Gasteiger partial charge on any atom is 0.307 e. The van der Waals surface area contributed by atoms with E-state index in [-0.39, 0.29) is 0 Å². The van der Waals surface area contributed by atoms with Gasteiger partial charge in [0.1, 0.15) is 0 Å². The standard InChI is InChI=1S/C30H58O4/c1-3-5-7-9-11-13-15-16-18-20-22-24-26-28(30(33)34)27(29(31)32)25-23-21-19-17-14-12-10-8-6-4-2/h27-28H,3-26H2,1-2H3,(H,31,32)(H,33,34). The van der Waals surface area contributed by atoms with Crippen molar-refractivity contribution < 1.29 is 19.8 Å². The Morgan fingerprint density at radius 3 is 0.824 bits per heavy atom. The summed E-state index contributed by atoms with van der Waals surface area (Å²) >= 11 is 0. The first-order valence-electron chi connectivity index (χ1n) is 15.0. The van der Waals surface area contributed by atoms with Crippen LogP contribution in [0.15, 0.2) is 0 Å². The van der Waals surface area contributed by atoms with E-state index in [1.165, 1.54) is 103 Å². The molecule has 2 N–H and O–H groups in total. The summed E-state index contributed by atoms with van der Waals surface area (Å²) in [5.41, 5.74) is 0. The Balaban J connectivity index is 3.92. The lowest BCUT2D eigenvalue weighted by Gasteiger charge is -2.20.